The van der Waals surface area contributed by atoms with Gasteiger partial charge in [0, 0.05) is 6.61 Å². The molecule has 0 aliphatic carbocycles. The lowest BCUT2D eigenvalue weighted by Gasteiger charge is -2.11. The maximum Gasteiger partial charge on any atom is 0.252 e. The fourth-order valence-corrected chi connectivity index (χ4v) is 1.50. The van der Waals surface area contributed by atoms with E-state index in [9.17, 15) is 0 Å². The summed E-state index contributed by atoms with van der Waals surface area (Å²) in [5.41, 5.74) is 5.29. The Kier molecular flexibility index (Phi) is 5.08. The maximum atomic E-state index is 5.86. The number of aromatic nitrogens is 2. The van der Waals surface area contributed by atoms with Crippen LogP contribution in [0.5, 0.6) is 0 Å². The van der Waals surface area contributed by atoms with Gasteiger partial charge in [-0.1, -0.05) is 25.4 Å². The molecule has 0 aliphatic heterocycles. The topological polar surface area (TPSA) is 74.2 Å². The first-order valence-electron chi connectivity index (χ1n) is 6.13. The van der Waals surface area contributed by atoms with Gasteiger partial charge < -0.3 is 15.0 Å². The Hall–Kier alpha value is -0.940. The van der Waals surface area contributed by atoms with Gasteiger partial charge in [-0.15, -0.1) is 0 Å². The lowest BCUT2D eigenvalue weighted by molar-refractivity contribution is 0.0710. The minimum absolute atomic E-state index is 0.358. The van der Waals surface area contributed by atoms with Gasteiger partial charge in [0.1, 0.15) is 6.61 Å². The van der Waals surface area contributed by atoms with E-state index in [0.29, 0.717) is 24.2 Å². The number of ether oxygens (including phenoxy) is 1. The van der Waals surface area contributed by atoms with Crippen LogP contribution in [-0.2, 0) is 16.9 Å². The molecule has 17 heavy (non-hydrogen) atoms. The van der Waals surface area contributed by atoms with Gasteiger partial charge in [0.2, 0.25) is 0 Å². The van der Waals surface area contributed by atoms with E-state index in [1.165, 1.54) is 12.8 Å². The summed E-state index contributed by atoms with van der Waals surface area (Å²) < 4.78 is 10.6. The van der Waals surface area contributed by atoms with Gasteiger partial charge in [0.05, 0.1) is 5.54 Å². The van der Waals surface area contributed by atoms with Gasteiger partial charge in [-0.25, -0.2) is 0 Å². The molecule has 0 fully saturated rings. The van der Waals surface area contributed by atoms with Gasteiger partial charge in [-0.05, 0) is 26.2 Å². The largest absolute Gasteiger partial charge is 0.371 e. The van der Waals surface area contributed by atoms with Gasteiger partial charge >= 0.3 is 0 Å². The predicted octanol–water partition coefficient (Wildman–Crippen LogP) is 2.22. The van der Waals surface area contributed by atoms with Crippen LogP contribution in [0, 0.1) is 5.92 Å². The molecule has 1 unspecified atom stereocenters. The maximum absolute atomic E-state index is 5.86. The van der Waals surface area contributed by atoms with Crippen molar-refractivity contribution in [3.63, 3.8) is 0 Å². The lowest BCUT2D eigenvalue weighted by Crippen LogP contribution is -2.30. The predicted molar refractivity (Wildman–Crippen MR) is 65.2 cm³/mol. The average molecular weight is 241 g/mol. The zero-order valence-electron chi connectivity index (χ0n) is 11.2. The molecule has 0 aromatic carbocycles. The van der Waals surface area contributed by atoms with E-state index < -0.39 is 5.54 Å². The molecule has 0 saturated heterocycles. The number of nitrogens with zero attached hydrogens (tertiary/aromatic N) is 2. The molecule has 0 aliphatic rings. The highest BCUT2D eigenvalue weighted by atomic mass is 16.5. The highest BCUT2D eigenvalue weighted by molar-refractivity contribution is 4.98. The fraction of sp³-hybridized carbons (Fsp3) is 0.833. The molecule has 0 spiro atoms. The summed E-state index contributed by atoms with van der Waals surface area (Å²) >= 11 is 0. The summed E-state index contributed by atoms with van der Waals surface area (Å²) in [4.78, 5) is 4.20. The molecule has 1 heterocycles. The van der Waals surface area contributed by atoms with E-state index in [4.69, 9.17) is 15.0 Å². The van der Waals surface area contributed by atoms with E-state index in [-0.39, 0.29) is 0 Å². The Bertz CT molecular complexity index is 331. The van der Waals surface area contributed by atoms with Gasteiger partial charge in [-0.2, -0.15) is 4.98 Å². The van der Waals surface area contributed by atoms with Crippen molar-refractivity contribution in [2.45, 2.75) is 52.7 Å². The molecule has 0 amide bonds. The van der Waals surface area contributed by atoms with E-state index >= 15 is 0 Å². The Balaban J connectivity index is 2.35. The quantitative estimate of drug-likeness (QED) is 0.792. The van der Waals surface area contributed by atoms with Crippen LogP contribution in [0.4, 0.5) is 0 Å². The lowest BCUT2D eigenvalue weighted by atomic mass is 10.1. The minimum Gasteiger partial charge on any atom is -0.371 e. The van der Waals surface area contributed by atoms with Crippen LogP contribution >= 0.6 is 0 Å². The fourth-order valence-electron chi connectivity index (χ4n) is 1.50. The van der Waals surface area contributed by atoms with Crippen molar-refractivity contribution in [1.29, 1.82) is 0 Å². The second kappa shape index (κ2) is 6.12. The first kappa shape index (κ1) is 14.1. The zero-order chi connectivity index (χ0) is 12.9. The molecule has 2 N–H and O–H groups in total. The summed E-state index contributed by atoms with van der Waals surface area (Å²) in [6, 6.07) is 0. The summed E-state index contributed by atoms with van der Waals surface area (Å²) in [6.07, 6.45) is 2.35. The molecule has 1 aromatic rings. The number of hydrogen-bond acceptors (Lipinski definition) is 5. The highest BCUT2D eigenvalue weighted by Crippen LogP contribution is 2.13. The smallest absolute Gasteiger partial charge is 0.252 e. The summed E-state index contributed by atoms with van der Waals surface area (Å²) in [5, 5.41) is 3.83. The minimum atomic E-state index is -0.572. The zero-order valence-corrected chi connectivity index (χ0v) is 11.2. The summed E-state index contributed by atoms with van der Waals surface area (Å²) in [7, 11) is 0. The second-order valence-corrected chi connectivity index (χ2v) is 5.14. The third kappa shape index (κ3) is 4.83. The average Bonchev–Trinajstić information content (AvgIpc) is 2.66. The van der Waals surface area contributed by atoms with Crippen molar-refractivity contribution in [1.82, 2.24) is 10.1 Å². The van der Waals surface area contributed by atoms with Crippen molar-refractivity contribution >= 4 is 0 Å². The Labute approximate surface area is 103 Å². The molecule has 5 heteroatoms. The normalized spacial score (nSPS) is 13.9. The third-order valence-corrected chi connectivity index (χ3v) is 2.45. The van der Waals surface area contributed by atoms with Crippen LogP contribution in [0.15, 0.2) is 4.52 Å². The molecule has 5 nitrogen and oxygen atoms in total. The van der Waals surface area contributed by atoms with E-state index in [2.05, 4.69) is 24.0 Å². The Morgan fingerprint density at radius 1 is 1.47 bits per heavy atom. The van der Waals surface area contributed by atoms with E-state index in [1.54, 1.807) is 0 Å². The Morgan fingerprint density at radius 2 is 2.18 bits per heavy atom. The van der Waals surface area contributed by atoms with Crippen molar-refractivity contribution in [2.75, 3.05) is 6.61 Å². The van der Waals surface area contributed by atoms with Crippen LogP contribution in [-0.4, -0.2) is 16.7 Å². The van der Waals surface area contributed by atoms with Crippen molar-refractivity contribution in [3.05, 3.63) is 11.7 Å². The van der Waals surface area contributed by atoms with Crippen LogP contribution < -0.4 is 5.73 Å². The van der Waals surface area contributed by atoms with Crippen LogP contribution in [0.1, 0.15) is 52.3 Å². The van der Waals surface area contributed by atoms with Crippen LogP contribution in [0.3, 0.4) is 0 Å². The second-order valence-electron chi connectivity index (χ2n) is 5.14. The molecule has 0 bridgehead atoms. The molecular formula is C12H23N3O2. The standard InChI is InChI=1S/C12H23N3O2/c1-5-6-9(2)7-16-8-10-14-11(15-17-10)12(3,4)13/h9H,5-8,13H2,1-4H3. The summed E-state index contributed by atoms with van der Waals surface area (Å²) in [6.45, 7) is 9.10. The summed E-state index contributed by atoms with van der Waals surface area (Å²) in [5.74, 6) is 1.56. The molecular weight excluding hydrogens is 218 g/mol. The van der Waals surface area contributed by atoms with Gasteiger partial charge in [-0.3, -0.25) is 0 Å². The van der Waals surface area contributed by atoms with Crippen molar-refractivity contribution in [2.24, 2.45) is 11.7 Å². The highest BCUT2D eigenvalue weighted by Gasteiger charge is 2.21. The number of rotatable bonds is 7. The SMILES string of the molecule is CCCC(C)COCc1nc(C(C)(C)N)no1. The van der Waals surface area contributed by atoms with Gasteiger partial charge in [0.25, 0.3) is 5.89 Å². The van der Waals surface area contributed by atoms with Crippen LogP contribution in [0.2, 0.25) is 0 Å². The Morgan fingerprint density at radius 3 is 2.71 bits per heavy atom. The van der Waals surface area contributed by atoms with Gasteiger partial charge in [0.15, 0.2) is 5.82 Å². The van der Waals surface area contributed by atoms with Crippen LogP contribution in [0.25, 0.3) is 0 Å². The molecule has 0 saturated carbocycles. The molecule has 0 radical (unpaired) electrons. The molecule has 98 valence electrons. The monoisotopic (exact) mass is 241 g/mol. The third-order valence-electron chi connectivity index (χ3n) is 2.45. The van der Waals surface area contributed by atoms with E-state index in [0.717, 1.165) is 6.61 Å². The van der Waals surface area contributed by atoms with Crippen molar-refractivity contribution < 1.29 is 9.26 Å². The number of hydrogen-bond donors (Lipinski definition) is 1. The first-order chi connectivity index (χ1) is 7.93. The molecule has 1 rings (SSSR count). The van der Waals surface area contributed by atoms with E-state index in [1.807, 2.05) is 13.8 Å². The molecule has 1 aromatic heterocycles. The molecule has 1 atom stereocenters. The first-order valence-corrected chi connectivity index (χ1v) is 6.13. The number of nitrogens with two attached hydrogens (primary N) is 1. The van der Waals surface area contributed by atoms with Crippen molar-refractivity contribution in [3.8, 4) is 0 Å².